The minimum atomic E-state index is -0.0959. The number of amides is 2. The third-order valence-electron chi connectivity index (χ3n) is 4.82. The van der Waals surface area contributed by atoms with Crippen LogP contribution >= 0.6 is 0 Å². The van der Waals surface area contributed by atoms with E-state index >= 15 is 0 Å². The SMILES string of the molecule is COc1ccc(OC)c(NC(=O)CN2CCN(CC(=O)NC3CC3)CC2)c1. The Balaban J connectivity index is 1.43. The maximum atomic E-state index is 12.4. The first-order valence-corrected chi connectivity index (χ1v) is 9.33. The third-order valence-corrected chi connectivity index (χ3v) is 4.82. The van der Waals surface area contributed by atoms with Crippen molar-refractivity contribution in [2.75, 3.05) is 58.8 Å². The summed E-state index contributed by atoms with van der Waals surface area (Å²) in [4.78, 5) is 28.5. The molecule has 1 heterocycles. The van der Waals surface area contributed by atoms with E-state index in [0.29, 0.717) is 36.3 Å². The van der Waals surface area contributed by atoms with Crippen LogP contribution in [0.15, 0.2) is 18.2 Å². The minimum absolute atomic E-state index is 0.0959. The minimum Gasteiger partial charge on any atom is -0.497 e. The topological polar surface area (TPSA) is 83.1 Å². The number of anilines is 1. The molecule has 27 heavy (non-hydrogen) atoms. The van der Waals surface area contributed by atoms with Crippen molar-refractivity contribution in [2.45, 2.75) is 18.9 Å². The van der Waals surface area contributed by atoms with Crippen molar-refractivity contribution in [1.29, 1.82) is 0 Å². The summed E-state index contributed by atoms with van der Waals surface area (Å²) < 4.78 is 10.5. The number of carbonyl (C=O) groups is 2. The molecule has 0 radical (unpaired) electrons. The van der Waals surface area contributed by atoms with Gasteiger partial charge in [0.2, 0.25) is 11.8 Å². The van der Waals surface area contributed by atoms with Gasteiger partial charge < -0.3 is 20.1 Å². The van der Waals surface area contributed by atoms with Crippen molar-refractivity contribution < 1.29 is 19.1 Å². The predicted molar refractivity (Wildman–Crippen MR) is 102 cm³/mol. The lowest BCUT2D eigenvalue weighted by molar-refractivity contribution is -0.123. The molecule has 3 rings (SSSR count). The summed E-state index contributed by atoms with van der Waals surface area (Å²) >= 11 is 0. The quantitative estimate of drug-likeness (QED) is 0.689. The molecule has 0 bridgehead atoms. The third kappa shape index (κ3) is 5.83. The number of hydrogen-bond acceptors (Lipinski definition) is 6. The van der Waals surface area contributed by atoms with Crippen LogP contribution in [-0.4, -0.2) is 81.1 Å². The van der Waals surface area contributed by atoms with Crippen LogP contribution in [0.25, 0.3) is 0 Å². The summed E-state index contributed by atoms with van der Waals surface area (Å²) in [5.74, 6) is 1.26. The Hall–Kier alpha value is -2.32. The van der Waals surface area contributed by atoms with Gasteiger partial charge in [-0.2, -0.15) is 0 Å². The Kier molecular flexibility index (Phi) is 6.52. The maximum Gasteiger partial charge on any atom is 0.238 e. The van der Waals surface area contributed by atoms with Crippen molar-refractivity contribution in [3.63, 3.8) is 0 Å². The number of nitrogens with one attached hydrogen (secondary N) is 2. The van der Waals surface area contributed by atoms with E-state index in [4.69, 9.17) is 9.47 Å². The average molecular weight is 376 g/mol. The number of piperazine rings is 1. The van der Waals surface area contributed by atoms with Crippen LogP contribution in [-0.2, 0) is 9.59 Å². The molecule has 1 aliphatic carbocycles. The summed E-state index contributed by atoms with van der Waals surface area (Å²) in [6.07, 6.45) is 2.21. The second-order valence-electron chi connectivity index (χ2n) is 7.01. The molecule has 2 aliphatic rings. The zero-order valence-electron chi connectivity index (χ0n) is 16.0. The largest absolute Gasteiger partial charge is 0.497 e. The molecule has 0 unspecified atom stereocenters. The van der Waals surface area contributed by atoms with Crippen LogP contribution in [0.2, 0.25) is 0 Å². The zero-order chi connectivity index (χ0) is 19.2. The van der Waals surface area contributed by atoms with E-state index in [2.05, 4.69) is 20.4 Å². The van der Waals surface area contributed by atoms with Gasteiger partial charge in [-0.05, 0) is 25.0 Å². The molecule has 1 aromatic carbocycles. The zero-order valence-corrected chi connectivity index (χ0v) is 16.0. The molecule has 148 valence electrons. The van der Waals surface area contributed by atoms with E-state index in [9.17, 15) is 9.59 Å². The van der Waals surface area contributed by atoms with E-state index in [1.807, 2.05) is 0 Å². The molecule has 0 aromatic heterocycles. The summed E-state index contributed by atoms with van der Waals surface area (Å²) in [7, 11) is 3.15. The Labute approximate surface area is 159 Å². The fourth-order valence-electron chi connectivity index (χ4n) is 3.11. The van der Waals surface area contributed by atoms with Gasteiger partial charge in [0, 0.05) is 38.3 Å². The fourth-order valence-corrected chi connectivity index (χ4v) is 3.11. The summed E-state index contributed by atoms with van der Waals surface area (Å²) in [6, 6.07) is 5.69. The Morgan fingerprint density at radius 2 is 1.63 bits per heavy atom. The summed E-state index contributed by atoms with van der Waals surface area (Å²) in [5.41, 5.74) is 0.595. The number of carbonyl (C=O) groups excluding carboxylic acids is 2. The summed E-state index contributed by atoms with van der Waals surface area (Å²) in [5, 5.41) is 5.90. The normalized spacial score (nSPS) is 18.0. The smallest absolute Gasteiger partial charge is 0.238 e. The van der Waals surface area contributed by atoms with Crippen molar-refractivity contribution >= 4 is 17.5 Å². The Morgan fingerprint density at radius 3 is 2.19 bits per heavy atom. The van der Waals surface area contributed by atoms with Gasteiger partial charge in [0.25, 0.3) is 0 Å². The lowest BCUT2D eigenvalue weighted by Crippen LogP contribution is -2.51. The van der Waals surface area contributed by atoms with Gasteiger partial charge in [-0.25, -0.2) is 0 Å². The number of benzene rings is 1. The predicted octanol–water partition coefficient (Wildman–Crippen LogP) is 0.539. The lowest BCUT2D eigenvalue weighted by Gasteiger charge is -2.33. The lowest BCUT2D eigenvalue weighted by atomic mass is 10.2. The average Bonchev–Trinajstić information content (AvgIpc) is 3.47. The number of hydrogen-bond donors (Lipinski definition) is 2. The molecule has 1 saturated carbocycles. The van der Waals surface area contributed by atoms with Crippen LogP contribution in [0.5, 0.6) is 11.5 Å². The van der Waals surface area contributed by atoms with E-state index in [1.54, 1.807) is 32.4 Å². The molecule has 0 spiro atoms. The van der Waals surface area contributed by atoms with Gasteiger partial charge in [-0.15, -0.1) is 0 Å². The van der Waals surface area contributed by atoms with Crippen LogP contribution in [0.4, 0.5) is 5.69 Å². The first kappa shape index (κ1) is 19.4. The molecular weight excluding hydrogens is 348 g/mol. The van der Waals surface area contributed by atoms with Gasteiger partial charge in [0.15, 0.2) is 0 Å². The van der Waals surface area contributed by atoms with Crippen molar-refractivity contribution in [3.8, 4) is 11.5 Å². The maximum absolute atomic E-state index is 12.4. The number of nitrogens with zero attached hydrogens (tertiary/aromatic N) is 2. The molecule has 1 aromatic rings. The molecule has 2 fully saturated rings. The molecular formula is C19H28N4O4. The second kappa shape index (κ2) is 9.05. The van der Waals surface area contributed by atoms with Crippen molar-refractivity contribution in [3.05, 3.63) is 18.2 Å². The van der Waals surface area contributed by atoms with Crippen molar-refractivity contribution in [1.82, 2.24) is 15.1 Å². The van der Waals surface area contributed by atoms with Gasteiger partial charge in [0.05, 0.1) is 33.0 Å². The first-order chi connectivity index (χ1) is 13.1. The van der Waals surface area contributed by atoms with E-state index in [-0.39, 0.29) is 11.8 Å². The van der Waals surface area contributed by atoms with E-state index in [1.165, 1.54) is 0 Å². The van der Waals surface area contributed by atoms with Gasteiger partial charge in [-0.3, -0.25) is 19.4 Å². The molecule has 1 aliphatic heterocycles. The van der Waals surface area contributed by atoms with Gasteiger partial charge in [-0.1, -0.05) is 0 Å². The highest BCUT2D eigenvalue weighted by Gasteiger charge is 2.25. The molecule has 8 nitrogen and oxygen atoms in total. The first-order valence-electron chi connectivity index (χ1n) is 9.33. The number of rotatable bonds is 8. The fraction of sp³-hybridized carbons (Fsp3) is 0.579. The highest BCUT2D eigenvalue weighted by atomic mass is 16.5. The van der Waals surface area contributed by atoms with E-state index in [0.717, 1.165) is 39.0 Å². The molecule has 0 atom stereocenters. The molecule has 1 saturated heterocycles. The van der Waals surface area contributed by atoms with E-state index < -0.39 is 0 Å². The second-order valence-corrected chi connectivity index (χ2v) is 7.01. The highest BCUT2D eigenvalue weighted by molar-refractivity contribution is 5.94. The van der Waals surface area contributed by atoms with Crippen LogP contribution in [0, 0.1) is 0 Å². The van der Waals surface area contributed by atoms with Gasteiger partial charge in [0.1, 0.15) is 11.5 Å². The number of methoxy groups -OCH3 is 2. The monoisotopic (exact) mass is 376 g/mol. The van der Waals surface area contributed by atoms with Crippen LogP contribution in [0.3, 0.4) is 0 Å². The Bertz CT molecular complexity index is 670. The molecule has 2 N–H and O–H groups in total. The van der Waals surface area contributed by atoms with Crippen molar-refractivity contribution in [2.24, 2.45) is 0 Å². The molecule has 2 amide bonds. The summed E-state index contributed by atoms with van der Waals surface area (Å²) in [6.45, 7) is 3.85. The number of ether oxygens (including phenoxy) is 2. The van der Waals surface area contributed by atoms with Crippen LogP contribution < -0.4 is 20.1 Å². The Morgan fingerprint density at radius 1 is 1.00 bits per heavy atom. The highest BCUT2D eigenvalue weighted by Crippen LogP contribution is 2.28. The van der Waals surface area contributed by atoms with Gasteiger partial charge >= 0.3 is 0 Å². The standard InChI is InChI=1S/C19H28N4O4/c1-26-15-5-6-17(27-2)16(11-15)21-19(25)13-23-9-7-22(8-10-23)12-18(24)20-14-3-4-14/h5-6,11,14H,3-4,7-10,12-13H2,1-2H3,(H,20,24)(H,21,25). The molecule has 8 heteroatoms. The van der Waals surface area contributed by atoms with Crippen LogP contribution in [0.1, 0.15) is 12.8 Å².